The highest BCUT2D eigenvalue weighted by Gasteiger charge is 2.00. The molecule has 78 valence electrons. The minimum Gasteiger partial charge on any atom is -0.316 e. The summed E-state index contributed by atoms with van der Waals surface area (Å²) >= 11 is 1.95. The third kappa shape index (κ3) is 3.72. The molecule has 0 fully saturated rings. The van der Waals surface area contributed by atoms with Crippen LogP contribution in [-0.2, 0) is 6.54 Å². The maximum absolute atomic E-state index is 3.15. The van der Waals surface area contributed by atoms with E-state index >= 15 is 0 Å². The largest absolute Gasteiger partial charge is 0.316 e. The van der Waals surface area contributed by atoms with Crippen molar-refractivity contribution in [3.05, 3.63) is 29.8 Å². The summed E-state index contributed by atoms with van der Waals surface area (Å²) in [4.78, 5) is 1.37. The van der Waals surface area contributed by atoms with Crippen molar-refractivity contribution in [3.63, 3.8) is 0 Å². The predicted molar refractivity (Wildman–Crippen MR) is 64.8 cm³/mol. The number of hydrogen-bond acceptors (Lipinski definition) is 2. The SMILES string of the molecule is CCC(C)Sc1ccc(CNC)cc1. The Bertz CT molecular complexity index is 256. The van der Waals surface area contributed by atoms with Gasteiger partial charge in [0.2, 0.25) is 0 Å². The molecule has 1 nitrogen and oxygen atoms in total. The van der Waals surface area contributed by atoms with Crippen LogP contribution in [0.25, 0.3) is 0 Å². The van der Waals surface area contributed by atoms with Crippen LogP contribution >= 0.6 is 11.8 Å². The lowest BCUT2D eigenvalue weighted by Gasteiger charge is -2.08. The Morgan fingerprint density at radius 2 is 1.93 bits per heavy atom. The molecule has 0 aliphatic rings. The van der Waals surface area contributed by atoms with E-state index in [1.54, 1.807) is 0 Å². The molecular formula is C12H19NS. The van der Waals surface area contributed by atoms with Gasteiger partial charge in [0, 0.05) is 16.7 Å². The highest BCUT2D eigenvalue weighted by molar-refractivity contribution is 7.99. The van der Waals surface area contributed by atoms with Gasteiger partial charge in [-0.3, -0.25) is 0 Å². The van der Waals surface area contributed by atoms with E-state index in [0.29, 0.717) is 5.25 Å². The number of nitrogens with one attached hydrogen (secondary N) is 1. The minimum atomic E-state index is 0.713. The van der Waals surface area contributed by atoms with Crippen LogP contribution in [0.3, 0.4) is 0 Å². The van der Waals surface area contributed by atoms with Gasteiger partial charge in [-0.1, -0.05) is 26.0 Å². The van der Waals surface area contributed by atoms with E-state index < -0.39 is 0 Å². The Labute approximate surface area is 91.3 Å². The standard InChI is InChI=1S/C12H19NS/c1-4-10(2)14-12-7-5-11(6-8-12)9-13-3/h5-8,10,13H,4,9H2,1-3H3. The molecular weight excluding hydrogens is 190 g/mol. The van der Waals surface area contributed by atoms with Crippen molar-refractivity contribution in [2.24, 2.45) is 0 Å². The molecule has 0 aliphatic heterocycles. The van der Waals surface area contributed by atoms with Crippen LogP contribution in [0.5, 0.6) is 0 Å². The average molecular weight is 209 g/mol. The van der Waals surface area contributed by atoms with Crippen LogP contribution in [-0.4, -0.2) is 12.3 Å². The summed E-state index contributed by atoms with van der Waals surface area (Å²) < 4.78 is 0. The summed E-state index contributed by atoms with van der Waals surface area (Å²) in [6.07, 6.45) is 1.23. The van der Waals surface area contributed by atoms with Gasteiger partial charge < -0.3 is 5.32 Å². The number of rotatable bonds is 5. The zero-order valence-corrected chi connectivity index (χ0v) is 10.0. The van der Waals surface area contributed by atoms with Gasteiger partial charge in [0.05, 0.1) is 0 Å². The van der Waals surface area contributed by atoms with Gasteiger partial charge in [-0.2, -0.15) is 0 Å². The van der Waals surface area contributed by atoms with Gasteiger partial charge in [-0.05, 0) is 31.2 Å². The number of hydrogen-bond donors (Lipinski definition) is 1. The zero-order chi connectivity index (χ0) is 10.4. The lowest BCUT2D eigenvalue weighted by molar-refractivity contribution is 0.817. The van der Waals surface area contributed by atoms with Gasteiger partial charge in [0.25, 0.3) is 0 Å². The number of benzene rings is 1. The molecule has 0 saturated heterocycles. The molecule has 0 radical (unpaired) electrons. The van der Waals surface area contributed by atoms with E-state index in [0.717, 1.165) is 6.54 Å². The van der Waals surface area contributed by atoms with E-state index in [9.17, 15) is 0 Å². The topological polar surface area (TPSA) is 12.0 Å². The monoisotopic (exact) mass is 209 g/mol. The summed E-state index contributed by atoms with van der Waals surface area (Å²) in [7, 11) is 1.97. The Morgan fingerprint density at radius 3 is 2.43 bits per heavy atom. The first-order valence-corrected chi connectivity index (χ1v) is 6.04. The molecule has 0 saturated carbocycles. The zero-order valence-electron chi connectivity index (χ0n) is 9.21. The van der Waals surface area contributed by atoms with Crippen molar-refractivity contribution in [2.45, 2.75) is 37.0 Å². The Morgan fingerprint density at radius 1 is 1.29 bits per heavy atom. The third-order valence-electron chi connectivity index (χ3n) is 2.22. The Hall–Kier alpha value is -0.470. The van der Waals surface area contributed by atoms with Crippen molar-refractivity contribution in [1.29, 1.82) is 0 Å². The first-order chi connectivity index (χ1) is 6.76. The molecule has 1 aromatic carbocycles. The second-order valence-electron chi connectivity index (χ2n) is 3.51. The first kappa shape index (κ1) is 11.6. The number of thioether (sulfide) groups is 1. The minimum absolute atomic E-state index is 0.713. The van der Waals surface area contributed by atoms with Crippen molar-refractivity contribution in [3.8, 4) is 0 Å². The molecule has 1 rings (SSSR count). The van der Waals surface area contributed by atoms with Crippen molar-refractivity contribution < 1.29 is 0 Å². The maximum atomic E-state index is 3.15. The predicted octanol–water partition coefficient (Wildman–Crippen LogP) is 3.30. The molecule has 0 spiro atoms. The van der Waals surface area contributed by atoms with Crippen LogP contribution in [0.4, 0.5) is 0 Å². The second kappa shape index (κ2) is 6.10. The molecule has 2 heteroatoms. The van der Waals surface area contributed by atoms with Crippen molar-refractivity contribution in [1.82, 2.24) is 5.32 Å². The van der Waals surface area contributed by atoms with Crippen LogP contribution in [0.1, 0.15) is 25.8 Å². The molecule has 0 bridgehead atoms. The van der Waals surface area contributed by atoms with E-state index in [-0.39, 0.29) is 0 Å². The fraction of sp³-hybridized carbons (Fsp3) is 0.500. The molecule has 1 unspecified atom stereocenters. The van der Waals surface area contributed by atoms with Gasteiger partial charge >= 0.3 is 0 Å². The fourth-order valence-electron chi connectivity index (χ4n) is 1.21. The lowest BCUT2D eigenvalue weighted by atomic mass is 10.2. The lowest BCUT2D eigenvalue weighted by Crippen LogP contribution is -2.04. The third-order valence-corrected chi connectivity index (χ3v) is 3.50. The highest BCUT2D eigenvalue weighted by atomic mass is 32.2. The van der Waals surface area contributed by atoms with Crippen LogP contribution in [0, 0.1) is 0 Å². The summed E-state index contributed by atoms with van der Waals surface area (Å²) in [6.45, 7) is 5.45. The van der Waals surface area contributed by atoms with Gasteiger partial charge in [-0.15, -0.1) is 11.8 Å². The first-order valence-electron chi connectivity index (χ1n) is 5.16. The maximum Gasteiger partial charge on any atom is 0.0202 e. The molecule has 0 aromatic heterocycles. The normalized spacial score (nSPS) is 12.8. The van der Waals surface area contributed by atoms with Gasteiger partial charge in [0.15, 0.2) is 0 Å². The summed E-state index contributed by atoms with van der Waals surface area (Å²) in [5.41, 5.74) is 1.35. The molecule has 14 heavy (non-hydrogen) atoms. The van der Waals surface area contributed by atoms with E-state index in [4.69, 9.17) is 0 Å². The summed E-state index contributed by atoms with van der Waals surface area (Å²) in [5.74, 6) is 0. The Balaban J connectivity index is 2.54. The second-order valence-corrected chi connectivity index (χ2v) is 5.02. The van der Waals surface area contributed by atoms with Crippen molar-refractivity contribution in [2.75, 3.05) is 7.05 Å². The van der Waals surface area contributed by atoms with Crippen molar-refractivity contribution >= 4 is 11.8 Å². The van der Waals surface area contributed by atoms with Gasteiger partial charge in [-0.25, -0.2) is 0 Å². The summed E-state index contributed by atoms with van der Waals surface area (Å²) in [6, 6.07) is 8.81. The molecule has 0 amide bonds. The Kier molecular flexibility index (Phi) is 5.05. The molecule has 1 aromatic rings. The fourth-order valence-corrected chi connectivity index (χ4v) is 2.13. The molecule has 1 atom stereocenters. The molecule has 0 heterocycles. The van der Waals surface area contributed by atoms with Crippen LogP contribution in [0.2, 0.25) is 0 Å². The average Bonchev–Trinajstić information content (AvgIpc) is 2.21. The van der Waals surface area contributed by atoms with E-state index in [2.05, 4.69) is 43.4 Å². The smallest absolute Gasteiger partial charge is 0.0202 e. The van der Waals surface area contributed by atoms with E-state index in [1.165, 1.54) is 16.9 Å². The van der Waals surface area contributed by atoms with Gasteiger partial charge in [0.1, 0.15) is 0 Å². The van der Waals surface area contributed by atoms with Crippen LogP contribution < -0.4 is 5.32 Å². The molecule has 1 N–H and O–H groups in total. The summed E-state index contributed by atoms with van der Waals surface area (Å²) in [5, 5.41) is 3.86. The quantitative estimate of drug-likeness (QED) is 0.747. The molecule has 0 aliphatic carbocycles. The highest BCUT2D eigenvalue weighted by Crippen LogP contribution is 2.24. The van der Waals surface area contributed by atoms with Crippen LogP contribution in [0.15, 0.2) is 29.2 Å². The van der Waals surface area contributed by atoms with E-state index in [1.807, 2.05) is 18.8 Å².